The van der Waals surface area contributed by atoms with Crippen LogP contribution >= 0.6 is 0 Å². The monoisotopic (exact) mass is 268 g/mol. The van der Waals surface area contributed by atoms with Gasteiger partial charge in [-0.25, -0.2) is 8.42 Å². The highest BCUT2D eigenvalue weighted by molar-refractivity contribution is 7.91. The van der Waals surface area contributed by atoms with Crippen molar-refractivity contribution in [3.63, 3.8) is 0 Å². The Hall–Kier alpha value is -1.20. The Morgan fingerprint density at radius 1 is 1.28 bits per heavy atom. The van der Waals surface area contributed by atoms with Crippen LogP contribution < -0.4 is 0 Å². The Morgan fingerprint density at radius 2 is 2.00 bits per heavy atom. The van der Waals surface area contributed by atoms with Gasteiger partial charge in [-0.3, -0.25) is 0 Å². The predicted molar refractivity (Wildman–Crippen MR) is 67.0 cm³/mol. The number of ether oxygens (including phenoxy) is 1. The van der Waals surface area contributed by atoms with Gasteiger partial charge in [-0.15, -0.1) is 0 Å². The zero-order valence-electron chi connectivity index (χ0n) is 9.99. The molecule has 1 fully saturated rings. The van der Waals surface area contributed by atoms with E-state index in [0.29, 0.717) is 17.9 Å². The summed E-state index contributed by atoms with van der Waals surface area (Å²) >= 11 is 0. The summed E-state index contributed by atoms with van der Waals surface area (Å²) in [5.74, 6) is -0.0318. The summed E-state index contributed by atoms with van der Waals surface area (Å²) in [6, 6.07) is 8.40. The first-order chi connectivity index (χ1) is 8.63. The lowest BCUT2D eigenvalue weighted by Crippen LogP contribution is -2.24. The van der Waals surface area contributed by atoms with E-state index in [1.807, 2.05) is 0 Å². The highest BCUT2D eigenvalue weighted by atomic mass is 32.2. The SMILES string of the molecule is O=CC[C@@H]1OCC[C@H]1CS(=O)(=O)c1ccccc1. The summed E-state index contributed by atoms with van der Waals surface area (Å²) in [6.07, 6.45) is 1.51. The van der Waals surface area contributed by atoms with Crippen molar-refractivity contribution in [1.29, 1.82) is 0 Å². The molecule has 1 saturated heterocycles. The molecule has 0 spiro atoms. The van der Waals surface area contributed by atoms with E-state index in [1.165, 1.54) is 0 Å². The zero-order chi connectivity index (χ0) is 13.0. The minimum absolute atomic E-state index is 0.0511. The average molecular weight is 268 g/mol. The number of aldehydes is 1. The third-order valence-electron chi connectivity index (χ3n) is 3.21. The van der Waals surface area contributed by atoms with Crippen molar-refractivity contribution in [2.24, 2.45) is 5.92 Å². The summed E-state index contributed by atoms with van der Waals surface area (Å²) < 4.78 is 29.8. The van der Waals surface area contributed by atoms with Gasteiger partial charge >= 0.3 is 0 Å². The van der Waals surface area contributed by atoms with Gasteiger partial charge < -0.3 is 9.53 Å². The van der Waals surface area contributed by atoms with Gasteiger partial charge in [0.1, 0.15) is 6.29 Å². The molecule has 4 nitrogen and oxygen atoms in total. The first-order valence-corrected chi connectivity index (χ1v) is 7.62. The molecular weight excluding hydrogens is 252 g/mol. The highest BCUT2D eigenvalue weighted by Gasteiger charge is 2.32. The second-order valence-corrected chi connectivity index (χ2v) is 6.49. The van der Waals surface area contributed by atoms with Gasteiger partial charge in [0.15, 0.2) is 9.84 Å². The minimum Gasteiger partial charge on any atom is -0.377 e. The van der Waals surface area contributed by atoms with Crippen LogP contribution in [0.15, 0.2) is 35.2 Å². The van der Waals surface area contributed by atoms with Crippen LogP contribution in [-0.2, 0) is 19.4 Å². The first kappa shape index (κ1) is 13.2. The molecule has 0 aromatic heterocycles. The molecule has 0 saturated carbocycles. The topological polar surface area (TPSA) is 60.4 Å². The Bertz CT molecular complexity index is 495. The van der Waals surface area contributed by atoms with Crippen LogP contribution in [0.25, 0.3) is 0 Å². The average Bonchev–Trinajstić information content (AvgIpc) is 2.78. The van der Waals surface area contributed by atoms with E-state index in [9.17, 15) is 13.2 Å². The molecule has 1 aromatic rings. The standard InChI is InChI=1S/C13H16O4S/c14-8-6-13-11(7-9-17-13)10-18(15,16)12-4-2-1-3-5-12/h1-5,8,11,13H,6-7,9-10H2/t11-,13-/m0/s1. The maximum Gasteiger partial charge on any atom is 0.178 e. The molecule has 0 N–H and O–H groups in total. The Labute approximate surface area is 107 Å². The first-order valence-electron chi connectivity index (χ1n) is 5.96. The van der Waals surface area contributed by atoms with Gasteiger partial charge in [-0.2, -0.15) is 0 Å². The van der Waals surface area contributed by atoms with E-state index < -0.39 is 9.84 Å². The van der Waals surface area contributed by atoms with Crippen LogP contribution in [-0.4, -0.2) is 33.2 Å². The maximum atomic E-state index is 12.2. The lowest BCUT2D eigenvalue weighted by Gasteiger charge is -2.16. The molecule has 5 heteroatoms. The van der Waals surface area contributed by atoms with Gasteiger partial charge in [-0.1, -0.05) is 18.2 Å². The number of sulfone groups is 1. The Balaban J connectivity index is 2.11. The summed E-state index contributed by atoms with van der Waals surface area (Å²) in [4.78, 5) is 10.8. The second kappa shape index (κ2) is 5.63. The molecule has 2 atom stereocenters. The smallest absolute Gasteiger partial charge is 0.178 e. The molecule has 1 aromatic carbocycles. The van der Waals surface area contributed by atoms with E-state index >= 15 is 0 Å². The van der Waals surface area contributed by atoms with Crippen LogP contribution in [0.4, 0.5) is 0 Å². The van der Waals surface area contributed by atoms with Gasteiger partial charge in [0.25, 0.3) is 0 Å². The molecule has 0 amide bonds. The molecule has 1 heterocycles. The molecular formula is C13H16O4S. The molecule has 0 unspecified atom stereocenters. The molecule has 0 bridgehead atoms. The fraction of sp³-hybridized carbons (Fsp3) is 0.462. The molecule has 18 heavy (non-hydrogen) atoms. The number of hydrogen-bond donors (Lipinski definition) is 0. The van der Waals surface area contributed by atoms with Gasteiger partial charge in [0.2, 0.25) is 0 Å². The van der Waals surface area contributed by atoms with Gasteiger partial charge in [0, 0.05) is 18.9 Å². The van der Waals surface area contributed by atoms with Crippen molar-refractivity contribution < 1.29 is 17.9 Å². The van der Waals surface area contributed by atoms with E-state index in [-0.39, 0.29) is 24.2 Å². The van der Waals surface area contributed by atoms with Crippen LogP contribution in [0.2, 0.25) is 0 Å². The molecule has 1 aliphatic heterocycles. The molecule has 0 aliphatic carbocycles. The van der Waals surface area contributed by atoms with Gasteiger partial charge in [0.05, 0.1) is 16.8 Å². The summed E-state index contributed by atoms with van der Waals surface area (Å²) in [5.41, 5.74) is 0. The van der Waals surface area contributed by atoms with E-state index in [1.54, 1.807) is 30.3 Å². The summed E-state index contributed by atoms with van der Waals surface area (Å²) in [7, 11) is -3.29. The van der Waals surface area contributed by atoms with Crippen molar-refractivity contribution >= 4 is 16.1 Å². The van der Waals surface area contributed by atoms with Crippen molar-refractivity contribution in [2.45, 2.75) is 23.8 Å². The van der Waals surface area contributed by atoms with Crippen LogP contribution in [0.3, 0.4) is 0 Å². The normalized spacial score (nSPS) is 24.0. The quantitative estimate of drug-likeness (QED) is 0.758. The molecule has 98 valence electrons. The van der Waals surface area contributed by atoms with E-state index in [2.05, 4.69) is 0 Å². The summed E-state index contributed by atoms with van der Waals surface area (Å²) in [5, 5.41) is 0. The fourth-order valence-electron chi connectivity index (χ4n) is 2.24. The fourth-order valence-corrected chi connectivity index (χ4v) is 3.95. The number of carbonyl (C=O) groups excluding carboxylic acids is 1. The van der Waals surface area contributed by atoms with Crippen LogP contribution in [0, 0.1) is 5.92 Å². The number of hydrogen-bond acceptors (Lipinski definition) is 4. The zero-order valence-corrected chi connectivity index (χ0v) is 10.8. The molecule has 1 aliphatic rings. The highest BCUT2D eigenvalue weighted by Crippen LogP contribution is 2.26. The third kappa shape index (κ3) is 2.97. The third-order valence-corrected chi connectivity index (χ3v) is 5.07. The summed E-state index contributed by atoms with van der Waals surface area (Å²) in [6.45, 7) is 0.535. The number of rotatable bonds is 5. The minimum atomic E-state index is -3.29. The predicted octanol–water partition coefficient (Wildman–Crippen LogP) is 1.45. The second-order valence-electron chi connectivity index (χ2n) is 4.45. The Kier molecular flexibility index (Phi) is 4.14. The maximum absolute atomic E-state index is 12.2. The van der Waals surface area contributed by atoms with Crippen LogP contribution in [0.1, 0.15) is 12.8 Å². The van der Waals surface area contributed by atoms with E-state index in [0.717, 1.165) is 6.29 Å². The van der Waals surface area contributed by atoms with Crippen molar-refractivity contribution in [1.82, 2.24) is 0 Å². The number of carbonyl (C=O) groups is 1. The van der Waals surface area contributed by atoms with Crippen molar-refractivity contribution in [3.8, 4) is 0 Å². The molecule has 2 rings (SSSR count). The Morgan fingerprint density at radius 3 is 2.67 bits per heavy atom. The number of benzene rings is 1. The van der Waals surface area contributed by atoms with Crippen molar-refractivity contribution in [2.75, 3.05) is 12.4 Å². The molecule has 0 radical (unpaired) electrons. The largest absolute Gasteiger partial charge is 0.377 e. The van der Waals surface area contributed by atoms with Crippen LogP contribution in [0.5, 0.6) is 0 Å². The van der Waals surface area contributed by atoms with Gasteiger partial charge in [-0.05, 0) is 18.6 Å². The van der Waals surface area contributed by atoms with Crippen molar-refractivity contribution in [3.05, 3.63) is 30.3 Å². The van der Waals surface area contributed by atoms with E-state index in [4.69, 9.17) is 4.74 Å². The lowest BCUT2D eigenvalue weighted by atomic mass is 10.0. The lowest BCUT2D eigenvalue weighted by molar-refractivity contribution is -0.110.